The van der Waals surface area contributed by atoms with Crippen molar-refractivity contribution >= 4 is 16.9 Å². The average molecular weight is 442 g/mol. The first-order chi connectivity index (χ1) is 15.3. The van der Waals surface area contributed by atoms with E-state index in [1.165, 1.54) is 0 Å². The van der Waals surface area contributed by atoms with E-state index in [0.29, 0.717) is 30.8 Å². The van der Waals surface area contributed by atoms with Gasteiger partial charge >= 0.3 is 5.63 Å². The summed E-state index contributed by atoms with van der Waals surface area (Å²) in [6.07, 6.45) is 6.69. The number of aliphatic hydroxyl groups is 1. The third-order valence-electron chi connectivity index (χ3n) is 7.22. The number of nitrogens with zero attached hydrogens (tertiary/aromatic N) is 1. The summed E-state index contributed by atoms with van der Waals surface area (Å²) in [5, 5.41) is 11.7. The van der Waals surface area contributed by atoms with Crippen molar-refractivity contribution in [2.45, 2.75) is 83.8 Å². The number of fused-ring (bicyclic) bond motifs is 2. The Hall–Kier alpha value is -2.34. The van der Waals surface area contributed by atoms with E-state index in [-0.39, 0.29) is 17.5 Å². The van der Waals surface area contributed by atoms with Crippen LogP contribution in [0.2, 0.25) is 0 Å². The van der Waals surface area contributed by atoms with Crippen LogP contribution in [-0.4, -0.2) is 40.7 Å². The Bertz CT molecular complexity index is 1040. The Morgan fingerprint density at radius 2 is 2.12 bits per heavy atom. The van der Waals surface area contributed by atoms with Crippen LogP contribution in [0, 0.1) is 12.8 Å². The van der Waals surface area contributed by atoms with Crippen molar-refractivity contribution in [3.8, 4) is 5.75 Å². The number of amides is 1. The van der Waals surface area contributed by atoms with Crippen LogP contribution in [-0.2, 0) is 11.2 Å². The van der Waals surface area contributed by atoms with Gasteiger partial charge in [0.25, 0.3) is 5.91 Å². The van der Waals surface area contributed by atoms with Gasteiger partial charge in [0.2, 0.25) is 0 Å². The molecule has 4 rings (SSSR count). The molecule has 1 N–H and O–H groups in total. The maximum Gasteiger partial charge on any atom is 0.336 e. The second kappa shape index (κ2) is 9.26. The molecular formula is C26H35NO5. The molecular weight excluding hydrogens is 406 g/mol. The molecule has 174 valence electrons. The van der Waals surface area contributed by atoms with Gasteiger partial charge in [0.15, 0.2) is 6.10 Å². The van der Waals surface area contributed by atoms with Crippen molar-refractivity contribution in [2.75, 3.05) is 13.1 Å². The maximum absolute atomic E-state index is 13.3. The average Bonchev–Trinajstić information content (AvgIpc) is 2.75. The number of hydrogen-bond donors (Lipinski definition) is 1. The fourth-order valence-electron chi connectivity index (χ4n) is 5.40. The Morgan fingerprint density at radius 1 is 1.31 bits per heavy atom. The van der Waals surface area contributed by atoms with Gasteiger partial charge < -0.3 is 19.2 Å². The SMILES string of the molecule is CCCCc1cc(=O)oc2cc(C)cc(O[C@H](C)C(=O)N3CC[C@]4(O)CCCC[C@@H]4C3)c12. The zero-order valence-corrected chi connectivity index (χ0v) is 19.5. The zero-order chi connectivity index (χ0) is 22.9. The summed E-state index contributed by atoms with van der Waals surface area (Å²) in [4.78, 5) is 27.2. The lowest BCUT2D eigenvalue weighted by atomic mass is 9.71. The minimum atomic E-state index is -0.666. The number of likely N-dealkylation sites (tertiary alicyclic amines) is 1. The van der Waals surface area contributed by atoms with E-state index in [1.54, 1.807) is 13.0 Å². The molecule has 1 aliphatic heterocycles. The van der Waals surface area contributed by atoms with Gasteiger partial charge in [0, 0.05) is 25.1 Å². The Balaban J connectivity index is 1.57. The van der Waals surface area contributed by atoms with Crippen LogP contribution >= 0.6 is 0 Å². The number of unbranched alkanes of at least 4 members (excludes halogenated alkanes) is 1. The molecule has 2 aromatic rings. The van der Waals surface area contributed by atoms with Gasteiger partial charge in [0.1, 0.15) is 11.3 Å². The van der Waals surface area contributed by atoms with Gasteiger partial charge in [0.05, 0.1) is 11.0 Å². The number of carbonyl (C=O) groups is 1. The second-order valence-electron chi connectivity index (χ2n) is 9.67. The number of carbonyl (C=O) groups excluding carboxylic acids is 1. The number of rotatable bonds is 6. The van der Waals surface area contributed by atoms with Crippen molar-refractivity contribution in [1.29, 1.82) is 0 Å². The molecule has 0 unspecified atom stereocenters. The number of benzene rings is 1. The highest BCUT2D eigenvalue weighted by Gasteiger charge is 2.44. The van der Waals surface area contributed by atoms with Gasteiger partial charge in [-0.1, -0.05) is 26.2 Å². The molecule has 0 spiro atoms. The Kier molecular flexibility index (Phi) is 6.61. The second-order valence-corrected chi connectivity index (χ2v) is 9.67. The molecule has 2 fully saturated rings. The number of aryl methyl sites for hydroxylation is 2. The first-order valence-corrected chi connectivity index (χ1v) is 12.1. The highest BCUT2D eigenvalue weighted by atomic mass is 16.5. The summed E-state index contributed by atoms with van der Waals surface area (Å²) in [6, 6.07) is 5.30. The first-order valence-electron chi connectivity index (χ1n) is 12.1. The van der Waals surface area contributed by atoms with Crippen LogP contribution in [0.1, 0.15) is 69.9 Å². The standard InChI is InChI=1S/C26H35NO5/c1-4-5-8-19-15-23(28)32-22-14-17(2)13-21(24(19)22)31-18(3)25(29)27-12-11-26(30)10-7-6-9-20(26)16-27/h13-15,18,20,30H,4-12,16H2,1-3H3/t18-,20-,26-/m1/s1. The van der Waals surface area contributed by atoms with Gasteiger partial charge in [-0.3, -0.25) is 4.79 Å². The lowest BCUT2D eigenvalue weighted by Crippen LogP contribution is -2.56. The van der Waals surface area contributed by atoms with Crippen molar-refractivity contribution < 1.29 is 19.1 Å². The molecule has 0 bridgehead atoms. The number of ether oxygens (including phenoxy) is 1. The van der Waals surface area contributed by atoms with Crippen LogP contribution in [0.25, 0.3) is 11.0 Å². The molecule has 1 saturated carbocycles. The normalized spacial score (nSPS) is 24.2. The molecule has 1 amide bonds. The highest BCUT2D eigenvalue weighted by molar-refractivity contribution is 5.88. The largest absolute Gasteiger partial charge is 0.480 e. The van der Waals surface area contributed by atoms with Gasteiger partial charge in [-0.05, 0) is 69.2 Å². The molecule has 0 radical (unpaired) electrons. The lowest BCUT2D eigenvalue weighted by Gasteiger charge is -2.47. The predicted molar refractivity (Wildman–Crippen MR) is 124 cm³/mol. The zero-order valence-electron chi connectivity index (χ0n) is 19.5. The topological polar surface area (TPSA) is 80.0 Å². The molecule has 1 aliphatic carbocycles. The molecule has 1 aromatic heterocycles. The van der Waals surface area contributed by atoms with Crippen molar-refractivity contribution in [3.63, 3.8) is 0 Å². The van der Waals surface area contributed by atoms with Gasteiger partial charge in [-0.2, -0.15) is 0 Å². The predicted octanol–water partition coefficient (Wildman–Crippen LogP) is 4.36. The van der Waals surface area contributed by atoms with E-state index in [9.17, 15) is 14.7 Å². The Morgan fingerprint density at radius 3 is 2.91 bits per heavy atom. The van der Waals surface area contributed by atoms with E-state index in [0.717, 1.165) is 61.5 Å². The summed E-state index contributed by atoms with van der Waals surface area (Å²) >= 11 is 0. The number of hydrogen-bond acceptors (Lipinski definition) is 5. The molecule has 2 heterocycles. The first kappa shape index (κ1) is 22.8. The molecule has 6 nitrogen and oxygen atoms in total. The summed E-state index contributed by atoms with van der Waals surface area (Å²) < 4.78 is 11.7. The summed E-state index contributed by atoms with van der Waals surface area (Å²) in [7, 11) is 0. The van der Waals surface area contributed by atoms with Crippen molar-refractivity contribution in [3.05, 3.63) is 39.7 Å². The van der Waals surface area contributed by atoms with Gasteiger partial charge in [-0.25, -0.2) is 4.79 Å². The quantitative estimate of drug-likeness (QED) is 0.674. The summed E-state index contributed by atoms with van der Waals surface area (Å²) in [5.74, 6) is 0.678. The molecule has 2 aliphatic rings. The van der Waals surface area contributed by atoms with Crippen LogP contribution < -0.4 is 10.4 Å². The lowest BCUT2D eigenvalue weighted by molar-refractivity contribution is -0.149. The fraction of sp³-hybridized carbons (Fsp3) is 0.615. The van der Waals surface area contributed by atoms with Crippen LogP contribution in [0.3, 0.4) is 0 Å². The minimum Gasteiger partial charge on any atom is -0.480 e. The van der Waals surface area contributed by atoms with E-state index in [4.69, 9.17) is 9.15 Å². The van der Waals surface area contributed by atoms with Gasteiger partial charge in [-0.15, -0.1) is 0 Å². The van der Waals surface area contributed by atoms with E-state index >= 15 is 0 Å². The molecule has 32 heavy (non-hydrogen) atoms. The van der Waals surface area contributed by atoms with E-state index in [1.807, 2.05) is 24.0 Å². The fourth-order valence-corrected chi connectivity index (χ4v) is 5.40. The van der Waals surface area contributed by atoms with Crippen molar-refractivity contribution in [2.24, 2.45) is 5.92 Å². The van der Waals surface area contributed by atoms with E-state index < -0.39 is 11.7 Å². The minimum absolute atomic E-state index is 0.0558. The molecule has 3 atom stereocenters. The molecule has 1 saturated heterocycles. The smallest absolute Gasteiger partial charge is 0.336 e. The van der Waals surface area contributed by atoms with E-state index in [2.05, 4.69) is 6.92 Å². The highest BCUT2D eigenvalue weighted by Crippen LogP contribution is 2.40. The third-order valence-corrected chi connectivity index (χ3v) is 7.22. The third kappa shape index (κ3) is 4.56. The number of piperidine rings is 1. The van der Waals surface area contributed by atoms with Crippen LogP contribution in [0.15, 0.2) is 27.4 Å². The Labute approximate surface area is 189 Å². The monoisotopic (exact) mass is 441 g/mol. The molecule has 6 heteroatoms. The van der Waals surface area contributed by atoms with Crippen LogP contribution in [0.4, 0.5) is 0 Å². The van der Waals surface area contributed by atoms with Crippen LogP contribution in [0.5, 0.6) is 5.75 Å². The maximum atomic E-state index is 13.3. The summed E-state index contributed by atoms with van der Waals surface area (Å²) in [6.45, 7) is 6.97. The summed E-state index contributed by atoms with van der Waals surface area (Å²) in [5.41, 5.74) is 1.34. The molecule has 1 aromatic carbocycles. The van der Waals surface area contributed by atoms with Crippen molar-refractivity contribution in [1.82, 2.24) is 4.90 Å².